The molecular weight excluding hydrogens is 250 g/mol. The van der Waals surface area contributed by atoms with Crippen LogP contribution in [0.3, 0.4) is 0 Å². The lowest BCUT2D eigenvalue weighted by Gasteiger charge is -2.07. The van der Waals surface area contributed by atoms with Crippen molar-refractivity contribution in [2.75, 3.05) is 59.4 Å². The molecule has 0 saturated heterocycles. The van der Waals surface area contributed by atoms with Gasteiger partial charge in [-0.1, -0.05) is 6.92 Å². The van der Waals surface area contributed by atoms with Crippen LogP contribution >= 0.6 is 0 Å². The van der Waals surface area contributed by atoms with E-state index in [0.29, 0.717) is 72.2 Å². The number of ketones is 1. The highest BCUT2D eigenvalue weighted by molar-refractivity contribution is 5.78. The number of nitrogens with two attached hydrogens (primary N) is 1. The Hall–Kier alpha value is -0.530. The normalized spacial score (nSPS) is 10.8. The van der Waals surface area contributed by atoms with Crippen molar-refractivity contribution in [3.63, 3.8) is 0 Å². The molecule has 0 aliphatic heterocycles. The van der Waals surface area contributed by atoms with E-state index in [0.717, 1.165) is 0 Å². The topological polar surface area (TPSA) is 80.0 Å². The summed E-state index contributed by atoms with van der Waals surface area (Å²) in [6.07, 6.45) is 1.06. The Morgan fingerprint density at radius 3 is 1.63 bits per heavy atom. The molecule has 0 aliphatic carbocycles. The molecule has 0 amide bonds. The summed E-state index contributed by atoms with van der Waals surface area (Å²) < 4.78 is 21.0. The summed E-state index contributed by atoms with van der Waals surface area (Å²) in [5.41, 5.74) is 5.27. The third kappa shape index (κ3) is 15.4. The van der Waals surface area contributed by atoms with Crippen molar-refractivity contribution in [1.82, 2.24) is 0 Å². The number of hydrogen-bond acceptors (Lipinski definition) is 6. The Morgan fingerprint density at radius 2 is 1.21 bits per heavy atom. The molecule has 0 saturated carbocycles. The van der Waals surface area contributed by atoms with Crippen LogP contribution in [-0.4, -0.2) is 65.2 Å². The number of carbonyl (C=O) groups is 1. The minimum Gasteiger partial charge on any atom is -0.379 e. The van der Waals surface area contributed by atoms with Crippen molar-refractivity contribution in [3.05, 3.63) is 0 Å². The lowest BCUT2D eigenvalue weighted by molar-refractivity contribution is -0.120. The Balaban J connectivity index is 2.97. The van der Waals surface area contributed by atoms with Gasteiger partial charge in [0, 0.05) is 19.4 Å². The third-order valence-electron chi connectivity index (χ3n) is 2.30. The summed E-state index contributed by atoms with van der Waals surface area (Å²) >= 11 is 0. The van der Waals surface area contributed by atoms with Crippen molar-refractivity contribution >= 4 is 5.78 Å². The molecule has 0 aromatic rings. The van der Waals surface area contributed by atoms with E-state index in [1.165, 1.54) is 0 Å². The summed E-state index contributed by atoms with van der Waals surface area (Å²) in [6.45, 7) is 6.66. The molecule has 19 heavy (non-hydrogen) atoms. The molecule has 0 fully saturated rings. The molecule has 6 nitrogen and oxygen atoms in total. The van der Waals surface area contributed by atoms with Gasteiger partial charge in [0.1, 0.15) is 5.78 Å². The molecule has 0 bridgehead atoms. The highest BCUT2D eigenvalue weighted by Gasteiger charge is 1.97. The van der Waals surface area contributed by atoms with Crippen LogP contribution in [0.5, 0.6) is 0 Å². The second-order valence-corrected chi connectivity index (χ2v) is 3.88. The molecule has 0 heterocycles. The van der Waals surface area contributed by atoms with Gasteiger partial charge >= 0.3 is 0 Å². The van der Waals surface area contributed by atoms with Crippen LogP contribution < -0.4 is 5.73 Å². The molecule has 0 radical (unpaired) electrons. The quantitative estimate of drug-likeness (QED) is 0.436. The summed E-state index contributed by atoms with van der Waals surface area (Å²) in [7, 11) is 0. The number of rotatable bonds is 15. The van der Waals surface area contributed by atoms with Crippen LogP contribution in [0.2, 0.25) is 0 Å². The van der Waals surface area contributed by atoms with Gasteiger partial charge in [0.15, 0.2) is 0 Å². The number of hydrogen-bond donors (Lipinski definition) is 1. The fourth-order valence-corrected chi connectivity index (χ4v) is 1.21. The first kappa shape index (κ1) is 18.5. The fraction of sp³-hybridized carbons (Fsp3) is 0.923. The monoisotopic (exact) mass is 277 g/mol. The van der Waals surface area contributed by atoms with Crippen LogP contribution in [0.4, 0.5) is 0 Å². The maximum absolute atomic E-state index is 11.0. The molecular formula is C13H27NO5. The van der Waals surface area contributed by atoms with Gasteiger partial charge in [-0.2, -0.15) is 0 Å². The lowest BCUT2D eigenvalue weighted by Crippen LogP contribution is -2.14. The highest BCUT2D eigenvalue weighted by atomic mass is 16.6. The van der Waals surface area contributed by atoms with Crippen molar-refractivity contribution in [2.45, 2.75) is 19.8 Å². The molecule has 0 aromatic heterocycles. The van der Waals surface area contributed by atoms with Gasteiger partial charge in [0.25, 0.3) is 0 Å². The van der Waals surface area contributed by atoms with Crippen LogP contribution in [-0.2, 0) is 23.7 Å². The van der Waals surface area contributed by atoms with E-state index in [1.807, 2.05) is 6.92 Å². The maximum atomic E-state index is 11.0. The predicted molar refractivity (Wildman–Crippen MR) is 72.2 cm³/mol. The summed E-state index contributed by atoms with van der Waals surface area (Å²) in [4.78, 5) is 11.0. The van der Waals surface area contributed by atoms with Crippen molar-refractivity contribution in [1.29, 1.82) is 0 Å². The van der Waals surface area contributed by atoms with E-state index in [4.69, 9.17) is 24.7 Å². The molecule has 0 aliphatic rings. The van der Waals surface area contributed by atoms with E-state index in [-0.39, 0.29) is 5.78 Å². The van der Waals surface area contributed by atoms with Crippen molar-refractivity contribution in [3.8, 4) is 0 Å². The predicted octanol–water partition coefficient (Wildman–Crippen LogP) is 0.381. The molecule has 0 atom stereocenters. The van der Waals surface area contributed by atoms with Gasteiger partial charge in [0.2, 0.25) is 0 Å². The van der Waals surface area contributed by atoms with E-state index in [2.05, 4.69) is 0 Å². The average molecular weight is 277 g/mol. The molecule has 0 aromatic carbocycles. The van der Waals surface area contributed by atoms with Gasteiger partial charge < -0.3 is 24.7 Å². The smallest absolute Gasteiger partial charge is 0.134 e. The first-order valence-corrected chi connectivity index (χ1v) is 6.84. The standard InChI is InChI=1S/C13H27NO5/c1-2-13(15)3-5-16-7-9-18-11-12-19-10-8-17-6-4-14/h2-12,14H2,1H3. The van der Waals surface area contributed by atoms with E-state index < -0.39 is 0 Å². The summed E-state index contributed by atoms with van der Waals surface area (Å²) in [6, 6.07) is 0. The zero-order valence-electron chi connectivity index (χ0n) is 11.9. The number of Topliss-reactive ketones (excluding diaryl/α,β-unsaturated/α-hetero) is 1. The second kappa shape index (κ2) is 15.5. The Labute approximate surface area is 115 Å². The summed E-state index contributed by atoms with van der Waals surface area (Å²) in [5.74, 6) is 0.228. The number of carbonyl (C=O) groups excluding carboxylic acids is 1. The van der Waals surface area contributed by atoms with Crippen LogP contribution in [0.1, 0.15) is 19.8 Å². The largest absolute Gasteiger partial charge is 0.379 e. The Morgan fingerprint density at radius 1 is 0.789 bits per heavy atom. The Kier molecular flexibility index (Phi) is 15.1. The zero-order valence-corrected chi connectivity index (χ0v) is 11.9. The van der Waals surface area contributed by atoms with Gasteiger partial charge in [-0.15, -0.1) is 0 Å². The molecule has 114 valence electrons. The minimum absolute atomic E-state index is 0.228. The second-order valence-electron chi connectivity index (χ2n) is 3.88. The van der Waals surface area contributed by atoms with E-state index in [1.54, 1.807) is 0 Å². The van der Waals surface area contributed by atoms with Crippen molar-refractivity contribution in [2.24, 2.45) is 5.73 Å². The van der Waals surface area contributed by atoms with Crippen LogP contribution in [0.15, 0.2) is 0 Å². The average Bonchev–Trinajstić information content (AvgIpc) is 2.43. The van der Waals surface area contributed by atoms with Gasteiger partial charge in [0.05, 0.1) is 52.9 Å². The third-order valence-corrected chi connectivity index (χ3v) is 2.30. The maximum Gasteiger partial charge on any atom is 0.134 e. The molecule has 2 N–H and O–H groups in total. The fourth-order valence-electron chi connectivity index (χ4n) is 1.21. The molecule has 0 unspecified atom stereocenters. The minimum atomic E-state index is 0.228. The van der Waals surface area contributed by atoms with Crippen LogP contribution in [0, 0.1) is 0 Å². The Bertz CT molecular complexity index is 201. The van der Waals surface area contributed by atoms with E-state index in [9.17, 15) is 4.79 Å². The van der Waals surface area contributed by atoms with Gasteiger partial charge in [-0.25, -0.2) is 0 Å². The zero-order chi connectivity index (χ0) is 14.2. The summed E-state index contributed by atoms with van der Waals surface area (Å²) in [5, 5.41) is 0. The first-order valence-electron chi connectivity index (χ1n) is 6.84. The van der Waals surface area contributed by atoms with Gasteiger partial charge in [-0.05, 0) is 0 Å². The SMILES string of the molecule is CCC(=O)CCOCCOCCOCCOCCN. The highest BCUT2D eigenvalue weighted by Crippen LogP contribution is 1.90. The van der Waals surface area contributed by atoms with Crippen LogP contribution in [0.25, 0.3) is 0 Å². The molecule has 0 rings (SSSR count). The first-order chi connectivity index (χ1) is 9.31. The molecule has 6 heteroatoms. The number of ether oxygens (including phenoxy) is 4. The van der Waals surface area contributed by atoms with Crippen molar-refractivity contribution < 1.29 is 23.7 Å². The van der Waals surface area contributed by atoms with Gasteiger partial charge in [-0.3, -0.25) is 4.79 Å². The molecule has 0 spiro atoms. The van der Waals surface area contributed by atoms with E-state index >= 15 is 0 Å². The lowest BCUT2D eigenvalue weighted by atomic mass is 10.2.